The molecule has 0 aliphatic carbocycles. The third kappa shape index (κ3) is 4.09. The van der Waals surface area contributed by atoms with E-state index >= 15 is 0 Å². The maximum absolute atomic E-state index is 11.1. The minimum Gasteiger partial charge on any atom is -0.407 e. The normalized spacial score (nSPS) is 11.5. The van der Waals surface area contributed by atoms with E-state index in [1.807, 2.05) is 0 Å². The minimum atomic E-state index is -0.253. The first kappa shape index (κ1) is 14.1. The summed E-state index contributed by atoms with van der Waals surface area (Å²) in [6.45, 7) is 6.67. The van der Waals surface area contributed by atoms with Crippen LogP contribution in [0.15, 0.2) is 5.38 Å². The molecule has 0 saturated carbocycles. The Kier molecular flexibility index (Phi) is 5.08. The highest BCUT2D eigenvalue weighted by Gasteiger charge is 2.24. The summed E-state index contributed by atoms with van der Waals surface area (Å²) in [5.74, 6) is 0.152. The van der Waals surface area contributed by atoms with Crippen LogP contribution in [0, 0.1) is 0 Å². The van der Waals surface area contributed by atoms with Crippen LogP contribution in [0.3, 0.4) is 0 Å². The molecule has 96 valence electrons. The molecule has 1 aromatic heterocycles. The van der Waals surface area contributed by atoms with Crippen molar-refractivity contribution in [2.24, 2.45) is 0 Å². The summed E-state index contributed by atoms with van der Waals surface area (Å²) >= 11 is 1.52. The smallest absolute Gasteiger partial charge is 0.312 e. The predicted octanol–water partition coefficient (Wildman–Crippen LogP) is 2.77. The Morgan fingerprint density at radius 2 is 2.24 bits per heavy atom. The molecule has 0 N–H and O–H groups in total. The van der Waals surface area contributed by atoms with Gasteiger partial charge in [0, 0.05) is 25.6 Å². The number of nitrogens with zero attached hydrogens (tertiary/aromatic N) is 1. The lowest BCUT2D eigenvalue weighted by Crippen LogP contribution is -2.19. The van der Waals surface area contributed by atoms with E-state index < -0.39 is 0 Å². The van der Waals surface area contributed by atoms with Crippen molar-refractivity contribution in [2.75, 3.05) is 13.7 Å². The first-order chi connectivity index (χ1) is 7.99. The van der Waals surface area contributed by atoms with E-state index in [-0.39, 0.29) is 11.4 Å². The standard InChI is InChI=1S/C12H19NO3S/c1-5-10(14)16-9-8-17-11(13-9)12(2,3)6-7-15-4/h8H,5-7H2,1-4H3. The molecule has 0 saturated heterocycles. The monoisotopic (exact) mass is 257 g/mol. The molecule has 0 fully saturated rings. The Labute approximate surface area is 106 Å². The van der Waals surface area contributed by atoms with Crippen LogP contribution >= 0.6 is 11.3 Å². The topological polar surface area (TPSA) is 48.4 Å². The van der Waals surface area contributed by atoms with Gasteiger partial charge in [0.2, 0.25) is 5.88 Å². The Balaban J connectivity index is 2.69. The van der Waals surface area contributed by atoms with Crippen molar-refractivity contribution < 1.29 is 14.3 Å². The molecular formula is C12H19NO3S. The lowest BCUT2D eigenvalue weighted by molar-refractivity contribution is -0.134. The van der Waals surface area contributed by atoms with Crippen molar-refractivity contribution >= 4 is 17.3 Å². The summed E-state index contributed by atoms with van der Waals surface area (Å²) in [5, 5.41) is 2.74. The number of hydrogen-bond donors (Lipinski definition) is 0. The van der Waals surface area contributed by atoms with Crippen LogP contribution in [0.2, 0.25) is 0 Å². The zero-order valence-corrected chi connectivity index (χ0v) is 11.6. The Hall–Kier alpha value is -0.940. The molecule has 0 atom stereocenters. The highest BCUT2D eigenvalue weighted by Crippen LogP contribution is 2.31. The van der Waals surface area contributed by atoms with Gasteiger partial charge < -0.3 is 9.47 Å². The molecule has 1 rings (SSSR count). The third-order valence-corrected chi connectivity index (χ3v) is 3.69. The van der Waals surface area contributed by atoms with Gasteiger partial charge in [0.15, 0.2) is 0 Å². The fraction of sp³-hybridized carbons (Fsp3) is 0.667. The molecule has 0 amide bonds. The number of esters is 1. The first-order valence-corrected chi connectivity index (χ1v) is 6.53. The first-order valence-electron chi connectivity index (χ1n) is 5.65. The van der Waals surface area contributed by atoms with Crippen LogP contribution < -0.4 is 4.74 Å². The van der Waals surface area contributed by atoms with Crippen LogP contribution in [0.5, 0.6) is 5.88 Å². The number of hydrogen-bond acceptors (Lipinski definition) is 5. The van der Waals surface area contributed by atoms with Crippen molar-refractivity contribution in [3.63, 3.8) is 0 Å². The Morgan fingerprint density at radius 1 is 1.53 bits per heavy atom. The zero-order chi connectivity index (χ0) is 12.9. The van der Waals surface area contributed by atoms with Crippen LogP contribution in [0.4, 0.5) is 0 Å². The summed E-state index contributed by atoms with van der Waals surface area (Å²) in [6, 6.07) is 0. The second-order valence-electron chi connectivity index (χ2n) is 4.45. The fourth-order valence-electron chi connectivity index (χ4n) is 1.27. The fourth-order valence-corrected chi connectivity index (χ4v) is 2.15. The van der Waals surface area contributed by atoms with E-state index in [0.29, 0.717) is 18.9 Å². The second kappa shape index (κ2) is 6.12. The van der Waals surface area contributed by atoms with E-state index in [4.69, 9.17) is 9.47 Å². The van der Waals surface area contributed by atoms with Gasteiger partial charge in [-0.1, -0.05) is 20.8 Å². The van der Waals surface area contributed by atoms with Gasteiger partial charge in [0.25, 0.3) is 0 Å². The van der Waals surface area contributed by atoms with Crippen molar-refractivity contribution in [1.29, 1.82) is 0 Å². The number of aromatic nitrogens is 1. The highest BCUT2D eigenvalue weighted by molar-refractivity contribution is 7.10. The molecule has 0 aromatic carbocycles. The summed E-state index contributed by atoms with van der Waals surface area (Å²) in [5.41, 5.74) is -0.0580. The van der Waals surface area contributed by atoms with Gasteiger partial charge in [-0.15, -0.1) is 11.3 Å². The van der Waals surface area contributed by atoms with Crippen molar-refractivity contribution in [3.05, 3.63) is 10.4 Å². The summed E-state index contributed by atoms with van der Waals surface area (Å²) < 4.78 is 10.2. The molecule has 0 radical (unpaired) electrons. The average Bonchev–Trinajstić information content (AvgIpc) is 2.75. The number of rotatable bonds is 6. The number of methoxy groups -OCH3 is 1. The molecule has 0 spiro atoms. The van der Waals surface area contributed by atoms with Crippen LogP contribution in [0.25, 0.3) is 0 Å². The molecule has 0 aliphatic heterocycles. The highest BCUT2D eigenvalue weighted by atomic mass is 32.1. The number of thiazole rings is 1. The molecule has 0 unspecified atom stereocenters. The molecule has 0 bridgehead atoms. The second-order valence-corrected chi connectivity index (χ2v) is 5.30. The van der Waals surface area contributed by atoms with Gasteiger partial charge >= 0.3 is 5.97 Å². The number of carbonyl (C=O) groups excluding carboxylic acids is 1. The summed E-state index contributed by atoms with van der Waals surface area (Å²) in [4.78, 5) is 15.5. The van der Waals surface area contributed by atoms with E-state index in [0.717, 1.165) is 11.4 Å². The van der Waals surface area contributed by atoms with E-state index in [1.54, 1.807) is 19.4 Å². The molecule has 1 heterocycles. The van der Waals surface area contributed by atoms with Crippen LogP contribution in [-0.4, -0.2) is 24.7 Å². The molecule has 17 heavy (non-hydrogen) atoms. The number of ether oxygens (including phenoxy) is 2. The van der Waals surface area contributed by atoms with E-state index in [1.165, 1.54) is 11.3 Å². The molecule has 5 heteroatoms. The van der Waals surface area contributed by atoms with Gasteiger partial charge in [0.05, 0.1) is 5.38 Å². The largest absolute Gasteiger partial charge is 0.407 e. The van der Waals surface area contributed by atoms with Crippen LogP contribution in [-0.2, 0) is 14.9 Å². The van der Waals surface area contributed by atoms with Crippen LogP contribution in [0.1, 0.15) is 38.6 Å². The maximum Gasteiger partial charge on any atom is 0.312 e. The van der Waals surface area contributed by atoms with Gasteiger partial charge in [-0.05, 0) is 6.42 Å². The van der Waals surface area contributed by atoms with Gasteiger partial charge in [-0.2, -0.15) is 0 Å². The quantitative estimate of drug-likeness (QED) is 0.735. The minimum absolute atomic E-state index is 0.0580. The van der Waals surface area contributed by atoms with Gasteiger partial charge in [-0.25, -0.2) is 4.98 Å². The summed E-state index contributed by atoms with van der Waals surface area (Å²) in [7, 11) is 1.69. The van der Waals surface area contributed by atoms with Crippen molar-refractivity contribution in [1.82, 2.24) is 4.98 Å². The average molecular weight is 257 g/mol. The van der Waals surface area contributed by atoms with Gasteiger partial charge in [-0.3, -0.25) is 4.79 Å². The Morgan fingerprint density at radius 3 is 2.82 bits per heavy atom. The van der Waals surface area contributed by atoms with E-state index in [9.17, 15) is 4.79 Å². The summed E-state index contributed by atoms with van der Waals surface area (Å²) in [6.07, 6.45) is 1.25. The van der Waals surface area contributed by atoms with Crippen molar-refractivity contribution in [2.45, 2.75) is 39.0 Å². The Bertz CT molecular complexity index is 374. The lowest BCUT2D eigenvalue weighted by atomic mass is 9.91. The predicted molar refractivity (Wildman–Crippen MR) is 67.6 cm³/mol. The third-order valence-electron chi connectivity index (χ3n) is 2.50. The molecule has 1 aromatic rings. The van der Waals surface area contributed by atoms with E-state index in [2.05, 4.69) is 18.8 Å². The molecule has 4 nitrogen and oxygen atoms in total. The van der Waals surface area contributed by atoms with Gasteiger partial charge in [0.1, 0.15) is 5.01 Å². The number of carbonyl (C=O) groups is 1. The SMILES string of the molecule is CCC(=O)Oc1csc(C(C)(C)CCOC)n1. The van der Waals surface area contributed by atoms with Crippen molar-refractivity contribution in [3.8, 4) is 5.88 Å². The zero-order valence-electron chi connectivity index (χ0n) is 10.8. The molecular weight excluding hydrogens is 238 g/mol. The lowest BCUT2D eigenvalue weighted by Gasteiger charge is -2.20. The molecule has 0 aliphatic rings. The maximum atomic E-state index is 11.1.